The van der Waals surface area contributed by atoms with E-state index in [0.29, 0.717) is 18.4 Å². The number of rotatable bonds is 4. The molecular formula is C26H25N6+. The zero-order valence-electron chi connectivity index (χ0n) is 17.7. The fourth-order valence-electron chi connectivity index (χ4n) is 4.92. The molecule has 1 saturated carbocycles. The van der Waals surface area contributed by atoms with E-state index in [-0.39, 0.29) is 4.59 Å². The summed E-state index contributed by atoms with van der Waals surface area (Å²) in [5.41, 5.74) is 11.9. The van der Waals surface area contributed by atoms with Crippen LogP contribution in [0.4, 0.5) is 0 Å². The number of quaternary nitrogens is 1. The summed E-state index contributed by atoms with van der Waals surface area (Å²) in [5.74, 6) is 8.52. The predicted octanol–water partition coefficient (Wildman–Crippen LogP) is 4.10. The van der Waals surface area contributed by atoms with E-state index in [2.05, 4.69) is 47.5 Å². The Morgan fingerprint density at radius 3 is 2.59 bits per heavy atom. The van der Waals surface area contributed by atoms with Crippen LogP contribution in [0.3, 0.4) is 0 Å². The molecule has 158 valence electrons. The Morgan fingerprint density at radius 1 is 0.969 bits per heavy atom. The van der Waals surface area contributed by atoms with Crippen molar-refractivity contribution < 1.29 is 4.59 Å². The first-order valence-corrected chi connectivity index (χ1v) is 11.1. The average molecular weight is 422 g/mol. The fraction of sp³-hybridized carbons (Fsp3) is 0.192. The van der Waals surface area contributed by atoms with Gasteiger partial charge in [-0.05, 0) is 43.5 Å². The number of amidine groups is 1. The van der Waals surface area contributed by atoms with Gasteiger partial charge in [0.05, 0.1) is 29.2 Å². The minimum Gasteiger partial charge on any atom is -0.330 e. The standard InChI is InChI=1S/C26H25N6/c27-15-20-8-10-21(20)25-24-16-29-12-13-32(24,28)26(31-25)19-7-6-18-9-11-22(30-23(18)14-19)17-4-2-1-3-5-17/h1-7,9,11-14,16,20-21H,8,10,15,27-28H2/q+1. The van der Waals surface area contributed by atoms with Gasteiger partial charge in [-0.3, -0.25) is 4.99 Å². The molecule has 1 aromatic heterocycles. The highest BCUT2D eigenvalue weighted by Gasteiger charge is 2.48. The molecule has 0 spiro atoms. The Labute approximate surface area is 186 Å². The molecule has 3 aliphatic rings. The monoisotopic (exact) mass is 421 g/mol. The maximum Gasteiger partial charge on any atom is 0.264 e. The minimum atomic E-state index is 0.0382. The smallest absolute Gasteiger partial charge is 0.264 e. The molecule has 6 rings (SSSR count). The molecule has 2 aromatic carbocycles. The molecule has 0 amide bonds. The lowest BCUT2D eigenvalue weighted by molar-refractivity contribution is -0.750. The highest BCUT2D eigenvalue weighted by molar-refractivity contribution is 6.02. The first-order valence-electron chi connectivity index (χ1n) is 11.1. The number of allylic oxidation sites excluding steroid dienone is 2. The Kier molecular flexibility index (Phi) is 4.40. The van der Waals surface area contributed by atoms with E-state index in [1.165, 1.54) is 0 Å². The van der Waals surface area contributed by atoms with Crippen LogP contribution in [-0.2, 0) is 0 Å². The van der Waals surface area contributed by atoms with Gasteiger partial charge in [-0.1, -0.05) is 42.5 Å². The van der Waals surface area contributed by atoms with Crippen molar-refractivity contribution in [1.82, 2.24) is 4.98 Å². The Morgan fingerprint density at radius 2 is 1.81 bits per heavy atom. The van der Waals surface area contributed by atoms with Crippen LogP contribution in [-0.4, -0.2) is 28.2 Å². The van der Waals surface area contributed by atoms with Gasteiger partial charge in [-0.25, -0.2) is 4.98 Å². The van der Waals surface area contributed by atoms with Crippen LogP contribution in [0.15, 0.2) is 94.4 Å². The van der Waals surface area contributed by atoms with Crippen LogP contribution in [0, 0.1) is 11.8 Å². The molecule has 1 aliphatic carbocycles. The minimum absolute atomic E-state index is 0.0382. The van der Waals surface area contributed by atoms with Gasteiger partial charge < -0.3 is 5.73 Å². The van der Waals surface area contributed by atoms with Crippen LogP contribution < -0.4 is 11.6 Å². The number of benzene rings is 2. The Balaban J connectivity index is 1.45. The lowest BCUT2D eigenvalue weighted by Crippen LogP contribution is -2.53. The molecular weight excluding hydrogens is 396 g/mol. The summed E-state index contributed by atoms with van der Waals surface area (Å²) in [6, 6.07) is 20.7. The fourth-order valence-corrected chi connectivity index (χ4v) is 4.92. The number of fused-ring (bicyclic) bond motifs is 2. The van der Waals surface area contributed by atoms with Gasteiger partial charge in [0.25, 0.3) is 5.84 Å². The van der Waals surface area contributed by atoms with E-state index in [1.54, 1.807) is 6.20 Å². The molecule has 0 bridgehead atoms. The third kappa shape index (κ3) is 2.88. The molecule has 3 heterocycles. The summed E-state index contributed by atoms with van der Waals surface area (Å²) >= 11 is 0. The molecule has 3 atom stereocenters. The second-order valence-corrected chi connectivity index (χ2v) is 8.71. The molecule has 3 unspecified atom stereocenters. The van der Waals surface area contributed by atoms with Gasteiger partial charge >= 0.3 is 0 Å². The van der Waals surface area contributed by atoms with Crippen LogP contribution in [0.25, 0.3) is 22.2 Å². The molecule has 2 aliphatic heterocycles. The quantitative estimate of drug-likeness (QED) is 0.491. The van der Waals surface area contributed by atoms with E-state index >= 15 is 0 Å². The zero-order chi connectivity index (χ0) is 21.7. The lowest BCUT2D eigenvalue weighted by atomic mass is 9.71. The molecule has 0 saturated heterocycles. The van der Waals surface area contributed by atoms with Gasteiger partial charge in [-0.2, -0.15) is 10.8 Å². The highest BCUT2D eigenvalue weighted by atomic mass is 15.6. The number of nitrogens with zero attached hydrogens (tertiary/aromatic N) is 4. The van der Waals surface area contributed by atoms with Crippen LogP contribution in [0.5, 0.6) is 0 Å². The van der Waals surface area contributed by atoms with Crippen molar-refractivity contribution in [2.75, 3.05) is 6.54 Å². The summed E-state index contributed by atoms with van der Waals surface area (Å²) in [7, 11) is 0. The van der Waals surface area contributed by atoms with E-state index in [0.717, 1.165) is 57.8 Å². The van der Waals surface area contributed by atoms with Crippen LogP contribution in [0.1, 0.15) is 18.4 Å². The molecule has 6 heteroatoms. The highest BCUT2D eigenvalue weighted by Crippen LogP contribution is 2.45. The van der Waals surface area contributed by atoms with Crippen LogP contribution >= 0.6 is 0 Å². The summed E-state index contributed by atoms with van der Waals surface area (Å²) < 4.78 is 0.0382. The van der Waals surface area contributed by atoms with E-state index < -0.39 is 0 Å². The number of hydrogen-bond donors (Lipinski definition) is 2. The molecule has 6 nitrogen and oxygen atoms in total. The SMILES string of the molecule is NCC1CCC1C1=C2C=NC=C[N+]2(N)C(c2ccc3ccc(-c4ccccc4)nc3c2)=N1. The van der Waals surface area contributed by atoms with Gasteiger partial charge in [0.1, 0.15) is 11.9 Å². The van der Waals surface area contributed by atoms with Gasteiger partial charge in [0.15, 0.2) is 0 Å². The van der Waals surface area contributed by atoms with Crippen molar-refractivity contribution in [3.8, 4) is 11.3 Å². The van der Waals surface area contributed by atoms with Crippen molar-refractivity contribution in [2.45, 2.75) is 12.8 Å². The van der Waals surface area contributed by atoms with Crippen molar-refractivity contribution in [1.29, 1.82) is 0 Å². The summed E-state index contributed by atoms with van der Waals surface area (Å²) in [6.07, 6.45) is 7.73. The largest absolute Gasteiger partial charge is 0.330 e. The van der Waals surface area contributed by atoms with Crippen molar-refractivity contribution in [3.05, 3.63) is 90.0 Å². The normalized spacial score (nSPS) is 26.2. The van der Waals surface area contributed by atoms with E-state index in [1.807, 2.05) is 30.6 Å². The maximum atomic E-state index is 6.92. The lowest BCUT2D eigenvalue weighted by Gasteiger charge is -2.35. The predicted molar refractivity (Wildman–Crippen MR) is 128 cm³/mol. The summed E-state index contributed by atoms with van der Waals surface area (Å²) in [5, 5.41) is 1.09. The van der Waals surface area contributed by atoms with Gasteiger partial charge in [0, 0.05) is 16.9 Å². The van der Waals surface area contributed by atoms with E-state index in [4.69, 9.17) is 21.6 Å². The molecule has 32 heavy (non-hydrogen) atoms. The van der Waals surface area contributed by atoms with Crippen molar-refractivity contribution in [2.24, 2.45) is 33.4 Å². The average Bonchev–Trinajstić information content (AvgIpc) is 3.11. The first-order chi connectivity index (χ1) is 15.7. The second kappa shape index (κ2) is 7.31. The number of aliphatic imine (C=N–C) groups is 2. The molecule has 1 fully saturated rings. The third-order valence-corrected chi connectivity index (χ3v) is 6.91. The van der Waals surface area contributed by atoms with E-state index in [9.17, 15) is 0 Å². The number of nitrogens with two attached hydrogens (primary N) is 2. The summed E-state index contributed by atoms with van der Waals surface area (Å²) in [4.78, 5) is 14.4. The van der Waals surface area contributed by atoms with Crippen molar-refractivity contribution in [3.63, 3.8) is 0 Å². The van der Waals surface area contributed by atoms with Crippen molar-refractivity contribution >= 4 is 23.0 Å². The number of aromatic nitrogens is 1. The Hall–Kier alpha value is -3.45. The molecule has 3 aromatic rings. The number of pyridine rings is 1. The first kappa shape index (κ1) is 19.3. The second-order valence-electron chi connectivity index (χ2n) is 8.71. The zero-order valence-corrected chi connectivity index (χ0v) is 17.7. The third-order valence-electron chi connectivity index (χ3n) is 6.91. The van der Waals surface area contributed by atoms with Gasteiger partial charge in [0.2, 0.25) is 5.70 Å². The number of hydrogen-bond acceptors (Lipinski definition) is 5. The topological polar surface area (TPSA) is 89.6 Å². The molecule has 4 N–H and O–H groups in total. The van der Waals surface area contributed by atoms with Crippen LogP contribution in [0.2, 0.25) is 0 Å². The van der Waals surface area contributed by atoms with Gasteiger partial charge in [-0.15, -0.1) is 4.59 Å². The summed E-state index contributed by atoms with van der Waals surface area (Å²) in [6.45, 7) is 0.673. The maximum absolute atomic E-state index is 6.92. The molecule has 0 radical (unpaired) electrons. The Bertz CT molecular complexity index is 1330.